The van der Waals surface area contributed by atoms with E-state index in [9.17, 15) is 14.7 Å². The summed E-state index contributed by atoms with van der Waals surface area (Å²) in [4.78, 5) is 31.3. The Morgan fingerprint density at radius 1 is 1.13 bits per heavy atom. The van der Waals surface area contributed by atoms with Gasteiger partial charge in [-0.15, -0.1) is 0 Å². The number of amides is 1. The molecule has 0 bridgehead atoms. The molecule has 7 heteroatoms. The van der Waals surface area contributed by atoms with Gasteiger partial charge in [-0.3, -0.25) is 14.6 Å². The third-order valence-corrected chi connectivity index (χ3v) is 5.18. The second kappa shape index (κ2) is 10.7. The number of likely N-dealkylation sites (tertiary alicyclic amines) is 1. The summed E-state index contributed by atoms with van der Waals surface area (Å²) in [5, 5.41) is 11.0. The molecule has 0 radical (unpaired) electrons. The first-order valence-electron chi connectivity index (χ1n) is 10.5. The molecule has 1 amide bonds. The zero-order valence-electron chi connectivity index (χ0n) is 17.9. The molecule has 1 aliphatic heterocycles. The molecule has 0 aliphatic carbocycles. The Labute approximate surface area is 182 Å². The molecule has 1 N–H and O–H groups in total. The second-order valence-electron chi connectivity index (χ2n) is 7.35. The van der Waals surface area contributed by atoms with Gasteiger partial charge in [-0.05, 0) is 48.7 Å². The van der Waals surface area contributed by atoms with Crippen LogP contribution >= 0.6 is 0 Å². The van der Waals surface area contributed by atoms with Crippen molar-refractivity contribution in [2.75, 3.05) is 26.9 Å². The fourth-order valence-corrected chi connectivity index (χ4v) is 3.57. The highest BCUT2D eigenvalue weighted by molar-refractivity contribution is 6.46. The lowest BCUT2D eigenvalue weighted by atomic mass is 9.96. The second-order valence-corrected chi connectivity index (χ2v) is 7.35. The largest absolute Gasteiger partial charge is 0.507 e. The number of aliphatic hydroxyl groups is 1. The maximum absolute atomic E-state index is 12.9. The van der Waals surface area contributed by atoms with Gasteiger partial charge in [0.25, 0.3) is 11.7 Å². The van der Waals surface area contributed by atoms with Gasteiger partial charge >= 0.3 is 0 Å². The first kappa shape index (κ1) is 22.5. The molecule has 2 heterocycles. The summed E-state index contributed by atoms with van der Waals surface area (Å²) in [6, 6.07) is 9.71. The summed E-state index contributed by atoms with van der Waals surface area (Å²) in [5.74, 6) is -0.853. The number of methoxy groups -OCH3 is 1. The van der Waals surface area contributed by atoms with Crippen molar-refractivity contribution in [3.63, 3.8) is 0 Å². The number of ketones is 1. The number of benzene rings is 1. The van der Waals surface area contributed by atoms with Gasteiger partial charge in [0.15, 0.2) is 0 Å². The summed E-state index contributed by atoms with van der Waals surface area (Å²) >= 11 is 0. The zero-order valence-corrected chi connectivity index (χ0v) is 17.9. The van der Waals surface area contributed by atoms with E-state index in [4.69, 9.17) is 9.47 Å². The fraction of sp³-hybridized carbons (Fsp3) is 0.375. The van der Waals surface area contributed by atoms with Crippen LogP contribution < -0.4 is 4.74 Å². The Morgan fingerprint density at radius 3 is 2.55 bits per heavy atom. The Hall–Kier alpha value is -3.19. The molecule has 31 heavy (non-hydrogen) atoms. The van der Waals surface area contributed by atoms with E-state index in [0.717, 1.165) is 12.8 Å². The summed E-state index contributed by atoms with van der Waals surface area (Å²) in [6.07, 6.45) is 5.80. The van der Waals surface area contributed by atoms with E-state index in [1.165, 1.54) is 4.90 Å². The van der Waals surface area contributed by atoms with E-state index in [0.29, 0.717) is 43.1 Å². The smallest absolute Gasteiger partial charge is 0.295 e. The molecule has 1 atom stereocenters. The van der Waals surface area contributed by atoms with Crippen molar-refractivity contribution in [1.82, 2.24) is 9.88 Å². The lowest BCUT2D eigenvalue weighted by molar-refractivity contribution is -0.140. The van der Waals surface area contributed by atoms with Crippen molar-refractivity contribution in [2.24, 2.45) is 0 Å². The lowest BCUT2D eigenvalue weighted by Gasteiger charge is -2.25. The zero-order chi connectivity index (χ0) is 22.2. The number of rotatable bonds is 10. The van der Waals surface area contributed by atoms with Crippen LogP contribution in [0.2, 0.25) is 0 Å². The molecule has 1 aromatic carbocycles. The third kappa shape index (κ3) is 5.11. The van der Waals surface area contributed by atoms with Gasteiger partial charge in [-0.1, -0.05) is 19.4 Å². The van der Waals surface area contributed by atoms with Crippen LogP contribution in [0, 0.1) is 0 Å². The number of carbonyl (C=O) groups excluding carboxylic acids is 2. The number of unbranched alkanes of at least 4 members (excludes halogenated alkanes) is 1. The van der Waals surface area contributed by atoms with Crippen molar-refractivity contribution in [1.29, 1.82) is 0 Å². The fourth-order valence-electron chi connectivity index (χ4n) is 3.57. The van der Waals surface area contributed by atoms with Gasteiger partial charge in [0.1, 0.15) is 11.5 Å². The Morgan fingerprint density at radius 2 is 1.90 bits per heavy atom. The quantitative estimate of drug-likeness (QED) is 0.271. The van der Waals surface area contributed by atoms with Crippen molar-refractivity contribution in [3.05, 3.63) is 65.5 Å². The molecule has 1 saturated heterocycles. The normalized spacial score (nSPS) is 17.9. The van der Waals surface area contributed by atoms with Crippen LogP contribution in [0.3, 0.4) is 0 Å². The van der Waals surface area contributed by atoms with Crippen LogP contribution in [-0.4, -0.2) is 53.5 Å². The molecule has 1 aliphatic rings. The Bertz CT molecular complexity index is 925. The van der Waals surface area contributed by atoms with Gasteiger partial charge in [-0.2, -0.15) is 0 Å². The molecule has 0 spiro atoms. The summed E-state index contributed by atoms with van der Waals surface area (Å²) in [6.45, 7) is 3.50. The average Bonchev–Trinajstić information content (AvgIpc) is 3.05. The molecular formula is C24H28N2O5. The van der Waals surface area contributed by atoms with Crippen molar-refractivity contribution < 1.29 is 24.2 Å². The number of aromatic nitrogens is 1. The van der Waals surface area contributed by atoms with Gasteiger partial charge in [0.2, 0.25) is 0 Å². The van der Waals surface area contributed by atoms with Crippen LogP contribution in [0.1, 0.15) is 43.4 Å². The van der Waals surface area contributed by atoms with Crippen LogP contribution in [0.25, 0.3) is 5.76 Å². The van der Waals surface area contributed by atoms with E-state index >= 15 is 0 Å². The molecular weight excluding hydrogens is 396 g/mol. The molecule has 0 saturated carbocycles. The summed E-state index contributed by atoms with van der Waals surface area (Å²) in [7, 11) is 1.59. The van der Waals surface area contributed by atoms with Crippen LogP contribution in [-0.2, 0) is 14.3 Å². The Balaban J connectivity index is 1.96. The first-order chi connectivity index (χ1) is 15.1. The van der Waals surface area contributed by atoms with E-state index in [2.05, 4.69) is 11.9 Å². The maximum Gasteiger partial charge on any atom is 0.295 e. The molecule has 1 fully saturated rings. The number of nitrogens with zero attached hydrogens (tertiary/aromatic N) is 2. The SMILES string of the molecule is CCCCOc1ccc(C(O)=C2C(=O)C(=O)N(CCCOC)[C@@H]2c2cccnc2)cc1. The number of Topliss-reactive ketones (excluding diaryl/α,β-unsaturated/α-hetero) is 1. The number of ether oxygens (including phenoxy) is 2. The van der Waals surface area contributed by atoms with E-state index in [1.807, 2.05) is 0 Å². The molecule has 3 rings (SSSR count). The van der Waals surface area contributed by atoms with E-state index in [-0.39, 0.29) is 11.3 Å². The van der Waals surface area contributed by atoms with Crippen LogP contribution in [0.15, 0.2) is 54.4 Å². The minimum Gasteiger partial charge on any atom is -0.507 e. The van der Waals surface area contributed by atoms with Crippen molar-refractivity contribution >= 4 is 17.4 Å². The predicted molar refractivity (Wildman–Crippen MR) is 117 cm³/mol. The number of pyridine rings is 1. The summed E-state index contributed by atoms with van der Waals surface area (Å²) < 4.78 is 10.7. The van der Waals surface area contributed by atoms with Gasteiger partial charge in [0.05, 0.1) is 18.2 Å². The third-order valence-electron chi connectivity index (χ3n) is 5.18. The first-order valence-corrected chi connectivity index (χ1v) is 10.5. The predicted octanol–water partition coefficient (Wildman–Crippen LogP) is 3.72. The highest BCUT2D eigenvalue weighted by Crippen LogP contribution is 2.39. The minimum atomic E-state index is -0.703. The van der Waals surface area contributed by atoms with Crippen LogP contribution in [0.5, 0.6) is 5.75 Å². The number of aliphatic hydroxyl groups excluding tert-OH is 1. The van der Waals surface area contributed by atoms with Gasteiger partial charge in [0, 0.05) is 38.2 Å². The van der Waals surface area contributed by atoms with Gasteiger partial charge in [-0.25, -0.2) is 0 Å². The lowest BCUT2D eigenvalue weighted by Crippen LogP contribution is -2.31. The number of hydrogen-bond donors (Lipinski definition) is 1. The highest BCUT2D eigenvalue weighted by Gasteiger charge is 2.45. The summed E-state index contributed by atoms with van der Waals surface area (Å²) in [5.41, 5.74) is 1.18. The van der Waals surface area contributed by atoms with Gasteiger partial charge < -0.3 is 19.5 Å². The average molecular weight is 424 g/mol. The minimum absolute atomic E-state index is 0.0649. The molecule has 1 aromatic heterocycles. The molecule has 0 unspecified atom stereocenters. The van der Waals surface area contributed by atoms with Crippen molar-refractivity contribution in [2.45, 2.75) is 32.2 Å². The van der Waals surface area contributed by atoms with Crippen molar-refractivity contribution in [3.8, 4) is 5.75 Å². The van der Waals surface area contributed by atoms with E-state index < -0.39 is 17.7 Å². The van der Waals surface area contributed by atoms with Crippen LogP contribution in [0.4, 0.5) is 0 Å². The number of carbonyl (C=O) groups is 2. The highest BCUT2D eigenvalue weighted by atomic mass is 16.5. The maximum atomic E-state index is 12.9. The van der Waals surface area contributed by atoms with E-state index in [1.54, 1.807) is 55.9 Å². The molecule has 2 aromatic rings. The molecule has 7 nitrogen and oxygen atoms in total. The monoisotopic (exact) mass is 424 g/mol. The Kier molecular flexibility index (Phi) is 7.78. The standard InChI is InChI=1S/C24H28N2O5/c1-3-4-15-31-19-10-8-17(9-11-19)22(27)20-21(18-7-5-12-25-16-18)26(13-6-14-30-2)24(29)23(20)28/h5,7-12,16,21,27H,3-4,6,13-15H2,1-2H3/t21-/m1/s1. The topological polar surface area (TPSA) is 89.0 Å². The molecule has 164 valence electrons. The number of hydrogen-bond acceptors (Lipinski definition) is 6.